The van der Waals surface area contributed by atoms with Crippen molar-refractivity contribution in [1.29, 1.82) is 0 Å². The molecule has 0 saturated heterocycles. The van der Waals surface area contributed by atoms with Gasteiger partial charge in [-0.3, -0.25) is 0 Å². The molecule has 1 heterocycles. The predicted octanol–water partition coefficient (Wildman–Crippen LogP) is 2.11. The van der Waals surface area contributed by atoms with E-state index in [4.69, 9.17) is 5.73 Å². The summed E-state index contributed by atoms with van der Waals surface area (Å²) >= 11 is 0. The fraction of sp³-hybridized carbons (Fsp3) is 0.615. The molecule has 0 aromatic carbocycles. The van der Waals surface area contributed by atoms with Gasteiger partial charge in [0.2, 0.25) is 0 Å². The van der Waals surface area contributed by atoms with E-state index >= 15 is 0 Å². The van der Waals surface area contributed by atoms with Gasteiger partial charge in [-0.1, -0.05) is 19.4 Å². The van der Waals surface area contributed by atoms with E-state index in [0.29, 0.717) is 0 Å². The van der Waals surface area contributed by atoms with Crippen LogP contribution >= 0.6 is 0 Å². The summed E-state index contributed by atoms with van der Waals surface area (Å²) in [5, 5.41) is 3.32. The Morgan fingerprint density at radius 1 is 1.44 bits per heavy atom. The Hall–Kier alpha value is -1.09. The highest BCUT2D eigenvalue weighted by Gasteiger charge is 2.12. The Balaban J connectivity index is 1.90. The first-order valence-corrected chi connectivity index (χ1v) is 6.28. The average Bonchev–Trinajstić information content (AvgIpc) is 2.74. The van der Waals surface area contributed by atoms with E-state index in [2.05, 4.69) is 29.4 Å². The molecule has 88 valence electrons. The Morgan fingerprint density at radius 2 is 2.31 bits per heavy atom. The normalized spacial score (nSPS) is 15.9. The lowest BCUT2D eigenvalue weighted by molar-refractivity contribution is 0.626. The molecule has 0 bridgehead atoms. The van der Waals surface area contributed by atoms with Gasteiger partial charge in [-0.15, -0.1) is 0 Å². The molecule has 0 amide bonds. The summed E-state index contributed by atoms with van der Waals surface area (Å²) in [6.07, 6.45) is 5.78. The summed E-state index contributed by atoms with van der Waals surface area (Å²) in [6.45, 7) is 2.98. The van der Waals surface area contributed by atoms with Gasteiger partial charge in [-0.25, -0.2) is 4.98 Å². The van der Waals surface area contributed by atoms with Gasteiger partial charge in [-0.05, 0) is 37.3 Å². The second kappa shape index (κ2) is 5.30. The van der Waals surface area contributed by atoms with Crippen LogP contribution in [0.1, 0.15) is 37.4 Å². The monoisotopic (exact) mass is 219 g/mol. The maximum atomic E-state index is 5.95. The summed E-state index contributed by atoms with van der Waals surface area (Å²) in [6, 6.07) is 4.51. The Bertz CT molecular complexity index is 349. The zero-order valence-corrected chi connectivity index (χ0v) is 10.00. The van der Waals surface area contributed by atoms with Crippen LogP contribution in [0.25, 0.3) is 0 Å². The summed E-state index contributed by atoms with van der Waals surface area (Å²) in [5.74, 6) is 0.979. The molecular weight excluding hydrogens is 198 g/mol. The zero-order valence-electron chi connectivity index (χ0n) is 10.00. The average molecular weight is 219 g/mol. The number of nitrogens with two attached hydrogens (primary N) is 1. The van der Waals surface area contributed by atoms with Crippen LogP contribution in [-0.4, -0.2) is 17.6 Å². The molecule has 16 heavy (non-hydrogen) atoms. The van der Waals surface area contributed by atoms with Crippen molar-refractivity contribution in [1.82, 2.24) is 4.98 Å². The summed E-state index contributed by atoms with van der Waals surface area (Å²) in [4.78, 5) is 4.62. The van der Waals surface area contributed by atoms with Gasteiger partial charge in [0.05, 0.1) is 0 Å². The lowest BCUT2D eigenvalue weighted by Crippen LogP contribution is -2.29. The van der Waals surface area contributed by atoms with E-state index < -0.39 is 0 Å². The van der Waals surface area contributed by atoms with Crippen molar-refractivity contribution < 1.29 is 0 Å². The van der Waals surface area contributed by atoms with Crippen molar-refractivity contribution in [3.05, 3.63) is 23.4 Å². The van der Waals surface area contributed by atoms with Crippen LogP contribution in [0.4, 0.5) is 5.82 Å². The zero-order chi connectivity index (χ0) is 11.4. The second-order valence-corrected chi connectivity index (χ2v) is 4.59. The molecule has 1 aliphatic carbocycles. The van der Waals surface area contributed by atoms with Crippen LogP contribution in [0.2, 0.25) is 0 Å². The molecule has 0 fully saturated rings. The predicted molar refractivity (Wildman–Crippen MR) is 67.6 cm³/mol. The van der Waals surface area contributed by atoms with Crippen LogP contribution in [0.3, 0.4) is 0 Å². The molecule has 0 aliphatic heterocycles. The fourth-order valence-corrected chi connectivity index (χ4v) is 2.23. The number of pyridine rings is 1. The summed E-state index contributed by atoms with van der Waals surface area (Å²) in [5.41, 5.74) is 8.65. The Kier molecular flexibility index (Phi) is 3.78. The number of hydrogen-bond acceptors (Lipinski definition) is 3. The molecule has 0 spiro atoms. The molecule has 3 heteroatoms. The van der Waals surface area contributed by atoms with E-state index in [0.717, 1.165) is 31.6 Å². The number of nitrogens with one attached hydrogen (secondary N) is 1. The van der Waals surface area contributed by atoms with Gasteiger partial charge in [0.25, 0.3) is 0 Å². The van der Waals surface area contributed by atoms with Crippen LogP contribution in [0.15, 0.2) is 12.1 Å². The topological polar surface area (TPSA) is 50.9 Å². The minimum atomic E-state index is 0.236. The number of rotatable bonds is 5. The first-order valence-electron chi connectivity index (χ1n) is 6.28. The number of anilines is 1. The number of aryl methyl sites for hydroxylation is 2. The van der Waals surface area contributed by atoms with Crippen LogP contribution < -0.4 is 11.1 Å². The van der Waals surface area contributed by atoms with Crippen molar-refractivity contribution in [3.8, 4) is 0 Å². The molecule has 1 atom stereocenters. The molecule has 1 aromatic rings. The van der Waals surface area contributed by atoms with E-state index in [1.54, 1.807) is 0 Å². The van der Waals surface area contributed by atoms with Gasteiger partial charge >= 0.3 is 0 Å². The Labute approximate surface area is 97.5 Å². The van der Waals surface area contributed by atoms with Crippen molar-refractivity contribution in [3.63, 3.8) is 0 Å². The number of nitrogens with zero attached hydrogens (tertiary/aromatic N) is 1. The van der Waals surface area contributed by atoms with Crippen LogP contribution in [-0.2, 0) is 12.8 Å². The molecule has 2 rings (SSSR count). The minimum Gasteiger partial charge on any atom is -0.369 e. The standard InChI is InChI=1S/C13H21N3/c1-2-4-11(14)9-15-13-8-7-10-5-3-6-12(10)16-13/h7-8,11H,2-6,9,14H2,1H3,(H,15,16). The largest absolute Gasteiger partial charge is 0.369 e. The SMILES string of the molecule is CCCC(N)CNc1ccc2c(n1)CCC2. The molecule has 0 saturated carbocycles. The van der Waals surface area contributed by atoms with E-state index in [1.165, 1.54) is 24.1 Å². The van der Waals surface area contributed by atoms with Gasteiger partial charge in [0.1, 0.15) is 5.82 Å². The van der Waals surface area contributed by atoms with Crippen molar-refractivity contribution in [2.24, 2.45) is 5.73 Å². The maximum absolute atomic E-state index is 5.95. The third-order valence-corrected chi connectivity index (χ3v) is 3.13. The third-order valence-electron chi connectivity index (χ3n) is 3.13. The maximum Gasteiger partial charge on any atom is 0.126 e. The second-order valence-electron chi connectivity index (χ2n) is 4.59. The van der Waals surface area contributed by atoms with Crippen molar-refractivity contribution in [2.75, 3.05) is 11.9 Å². The quantitative estimate of drug-likeness (QED) is 0.797. The lowest BCUT2D eigenvalue weighted by atomic mass is 10.2. The molecule has 1 unspecified atom stereocenters. The smallest absolute Gasteiger partial charge is 0.126 e. The number of aromatic nitrogens is 1. The lowest BCUT2D eigenvalue weighted by Gasteiger charge is -2.12. The van der Waals surface area contributed by atoms with E-state index in [1.807, 2.05) is 0 Å². The molecule has 0 radical (unpaired) electrons. The number of fused-ring (bicyclic) bond motifs is 1. The highest BCUT2D eigenvalue weighted by Crippen LogP contribution is 2.21. The Morgan fingerprint density at radius 3 is 3.12 bits per heavy atom. The molecule has 3 N–H and O–H groups in total. The van der Waals surface area contributed by atoms with Crippen LogP contribution in [0.5, 0.6) is 0 Å². The van der Waals surface area contributed by atoms with Gasteiger partial charge < -0.3 is 11.1 Å². The first-order chi connectivity index (χ1) is 7.79. The minimum absolute atomic E-state index is 0.236. The fourth-order valence-electron chi connectivity index (χ4n) is 2.23. The highest BCUT2D eigenvalue weighted by atomic mass is 15.0. The highest BCUT2D eigenvalue weighted by molar-refractivity contribution is 5.40. The van der Waals surface area contributed by atoms with Gasteiger partial charge in [0.15, 0.2) is 0 Å². The molecule has 3 nitrogen and oxygen atoms in total. The molecule has 1 aliphatic rings. The van der Waals surface area contributed by atoms with Gasteiger partial charge in [0, 0.05) is 18.3 Å². The first kappa shape index (κ1) is 11.4. The van der Waals surface area contributed by atoms with Crippen LogP contribution in [0, 0.1) is 0 Å². The molecule has 1 aromatic heterocycles. The van der Waals surface area contributed by atoms with E-state index in [-0.39, 0.29) is 6.04 Å². The van der Waals surface area contributed by atoms with Gasteiger partial charge in [-0.2, -0.15) is 0 Å². The van der Waals surface area contributed by atoms with Crippen molar-refractivity contribution >= 4 is 5.82 Å². The summed E-state index contributed by atoms with van der Waals surface area (Å²) < 4.78 is 0. The van der Waals surface area contributed by atoms with Crippen molar-refractivity contribution in [2.45, 2.75) is 45.1 Å². The molecular formula is C13H21N3. The summed E-state index contributed by atoms with van der Waals surface area (Å²) in [7, 11) is 0. The third kappa shape index (κ3) is 2.73. The number of hydrogen-bond donors (Lipinski definition) is 2. The van der Waals surface area contributed by atoms with E-state index in [9.17, 15) is 0 Å².